The van der Waals surface area contributed by atoms with Gasteiger partial charge in [-0.15, -0.1) is 0 Å². The van der Waals surface area contributed by atoms with Gasteiger partial charge < -0.3 is 27.4 Å². The molecule has 3 unspecified atom stereocenters. The summed E-state index contributed by atoms with van der Waals surface area (Å²) in [7, 11) is -1.84. The van der Waals surface area contributed by atoms with E-state index in [-0.39, 0.29) is 49.4 Å². The number of aryl methyl sites for hydroxylation is 1. The minimum absolute atomic E-state index is 0. The van der Waals surface area contributed by atoms with Crippen LogP contribution >= 0.6 is 0 Å². The fourth-order valence-corrected chi connectivity index (χ4v) is 10.0. The van der Waals surface area contributed by atoms with Crippen LogP contribution in [0.25, 0.3) is 0 Å². The summed E-state index contributed by atoms with van der Waals surface area (Å²) >= 11 is 0. The number of rotatable bonds is 2. The fraction of sp³-hybridized carbons (Fsp3) is 0.500. The Labute approximate surface area is 198 Å². The standard InChI is InChI=1S/C23H34OSi.3CH3.Ti/c1-15-12-19(23(3,4)5)21(24)20(13-15)25(6,7)22-16(2)14-17-10-8-9-11-18(17)22;;;;/h8-13,16-18,22,24H,14H2,1-7H3;3*1H3;/q;3*-1;+3/t16-,17?,18?,22?;;;;/m1..../s1. The van der Waals surface area contributed by atoms with E-state index in [1.807, 2.05) is 0 Å². The SMILES string of the molecule is Cc1cc(C(C)(C)C)c(O)c([Si](C)(C)C2C3C=CC=CC3C[C@H]2C)c1.[CH3-].[CH3-].[CH3-].[Ti+3]. The molecule has 1 saturated carbocycles. The quantitative estimate of drug-likeness (QED) is 0.381. The first-order valence-corrected chi connectivity index (χ1v) is 12.8. The molecule has 0 aliphatic heterocycles. The largest absolute Gasteiger partial charge is 3.00 e. The molecule has 161 valence electrons. The summed E-state index contributed by atoms with van der Waals surface area (Å²) in [5.74, 6) is 2.60. The molecule has 3 heteroatoms. The predicted molar refractivity (Wildman–Crippen MR) is 131 cm³/mol. The van der Waals surface area contributed by atoms with E-state index in [4.69, 9.17) is 0 Å². The Morgan fingerprint density at radius 2 is 1.55 bits per heavy atom. The van der Waals surface area contributed by atoms with Crippen molar-refractivity contribution in [2.24, 2.45) is 17.8 Å². The second kappa shape index (κ2) is 10.6. The van der Waals surface area contributed by atoms with E-state index in [2.05, 4.69) is 84.1 Å². The number of phenolic OH excluding ortho intramolecular Hbond substituents is 1. The van der Waals surface area contributed by atoms with E-state index in [9.17, 15) is 5.11 Å². The van der Waals surface area contributed by atoms with Crippen LogP contribution in [0.15, 0.2) is 36.4 Å². The maximum absolute atomic E-state index is 11.2. The molecule has 0 aromatic heterocycles. The second-order valence-electron chi connectivity index (χ2n) is 9.93. The first-order valence-electron chi connectivity index (χ1n) is 9.73. The minimum Gasteiger partial charge on any atom is -0.508 e. The molecule has 1 aromatic carbocycles. The van der Waals surface area contributed by atoms with Gasteiger partial charge in [-0.2, -0.15) is 0 Å². The van der Waals surface area contributed by atoms with E-state index in [0.717, 1.165) is 5.56 Å². The Balaban J connectivity index is 0. The van der Waals surface area contributed by atoms with E-state index >= 15 is 0 Å². The molecule has 0 saturated heterocycles. The average Bonchev–Trinajstić information content (AvgIpc) is 2.84. The molecule has 1 fully saturated rings. The number of fused-ring (bicyclic) bond motifs is 1. The van der Waals surface area contributed by atoms with Gasteiger partial charge in [-0.3, -0.25) is 0 Å². The van der Waals surface area contributed by atoms with Gasteiger partial charge >= 0.3 is 21.7 Å². The zero-order chi connectivity index (χ0) is 18.6. The summed E-state index contributed by atoms with van der Waals surface area (Å²) in [6.45, 7) is 16.1. The Morgan fingerprint density at radius 1 is 1.00 bits per heavy atom. The molecule has 1 N–H and O–H groups in total. The molecular weight excluding hydrogens is 404 g/mol. The average molecular weight is 448 g/mol. The van der Waals surface area contributed by atoms with Gasteiger partial charge in [0.1, 0.15) is 5.75 Å². The first-order chi connectivity index (χ1) is 11.5. The zero-order valence-corrected chi connectivity index (χ0v) is 23.0. The molecule has 0 heterocycles. The maximum Gasteiger partial charge on any atom is 3.00 e. The summed E-state index contributed by atoms with van der Waals surface area (Å²) in [5, 5.41) is 12.5. The fourth-order valence-electron chi connectivity index (χ4n) is 5.46. The van der Waals surface area contributed by atoms with Crippen molar-refractivity contribution in [3.63, 3.8) is 0 Å². The number of hydrogen-bond donors (Lipinski definition) is 1. The van der Waals surface area contributed by atoms with Crippen molar-refractivity contribution in [1.82, 2.24) is 0 Å². The maximum atomic E-state index is 11.2. The van der Waals surface area contributed by atoms with Crippen molar-refractivity contribution in [3.05, 3.63) is 69.8 Å². The Hall–Kier alpha value is -0.569. The topological polar surface area (TPSA) is 20.2 Å². The van der Waals surface area contributed by atoms with Crippen LogP contribution in [0.1, 0.15) is 45.2 Å². The molecule has 2 aliphatic rings. The van der Waals surface area contributed by atoms with Crippen molar-refractivity contribution in [2.45, 2.75) is 65.1 Å². The Bertz CT molecular complexity index is 727. The molecule has 29 heavy (non-hydrogen) atoms. The summed E-state index contributed by atoms with van der Waals surface area (Å²) in [6, 6.07) is 4.45. The number of benzene rings is 1. The minimum atomic E-state index is -1.84. The summed E-state index contributed by atoms with van der Waals surface area (Å²) in [4.78, 5) is 0. The molecular formula is C26H43OSiTi. The summed E-state index contributed by atoms with van der Waals surface area (Å²) in [6.07, 6.45) is 10.6. The Morgan fingerprint density at radius 3 is 2.10 bits per heavy atom. The normalized spacial score (nSPS) is 25.1. The van der Waals surface area contributed by atoms with Gasteiger partial charge in [0.2, 0.25) is 0 Å². The van der Waals surface area contributed by atoms with Crippen LogP contribution in [-0.4, -0.2) is 13.2 Å². The summed E-state index contributed by atoms with van der Waals surface area (Å²) < 4.78 is 0. The molecule has 1 nitrogen and oxygen atoms in total. The molecule has 1 aromatic rings. The number of hydrogen-bond acceptors (Lipinski definition) is 1. The monoisotopic (exact) mass is 447 g/mol. The molecule has 1 radical (unpaired) electrons. The van der Waals surface area contributed by atoms with Crippen LogP contribution in [0, 0.1) is 47.0 Å². The van der Waals surface area contributed by atoms with Crippen LogP contribution in [0.3, 0.4) is 0 Å². The second-order valence-corrected chi connectivity index (χ2v) is 14.6. The third kappa shape index (κ3) is 5.57. The van der Waals surface area contributed by atoms with Crippen LogP contribution < -0.4 is 5.19 Å². The number of aromatic hydroxyl groups is 1. The molecule has 0 spiro atoms. The van der Waals surface area contributed by atoms with Gasteiger partial charge in [-0.05, 0) is 52.8 Å². The third-order valence-corrected chi connectivity index (χ3v) is 10.9. The number of allylic oxidation sites excluding steroid dienone is 4. The summed E-state index contributed by atoms with van der Waals surface area (Å²) in [5.41, 5.74) is 3.02. The van der Waals surface area contributed by atoms with Crippen molar-refractivity contribution >= 4 is 13.3 Å². The van der Waals surface area contributed by atoms with Gasteiger partial charge in [0, 0.05) is 0 Å². The van der Waals surface area contributed by atoms with Crippen molar-refractivity contribution in [1.29, 1.82) is 0 Å². The van der Waals surface area contributed by atoms with Gasteiger partial charge in [0.15, 0.2) is 0 Å². The van der Waals surface area contributed by atoms with Gasteiger partial charge in [-0.1, -0.05) is 82.8 Å². The van der Waals surface area contributed by atoms with Crippen molar-refractivity contribution in [3.8, 4) is 5.75 Å². The van der Waals surface area contributed by atoms with Crippen LogP contribution in [0.5, 0.6) is 5.75 Å². The van der Waals surface area contributed by atoms with Gasteiger partial charge in [-0.25, -0.2) is 0 Å². The van der Waals surface area contributed by atoms with Crippen molar-refractivity contribution in [2.75, 3.05) is 0 Å². The molecule has 0 bridgehead atoms. The van der Waals surface area contributed by atoms with Gasteiger partial charge in [0.25, 0.3) is 0 Å². The van der Waals surface area contributed by atoms with E-state index in [0.29, 0.717) is 29.0 Å². The Kier molecular flexibility index (Phi) is 11.2. The van der Waals surface area contributed by atoms with Gasteiger partial charge in [0.05, 0.1) is 8.07 Å². The zero-order valence-electron chi connectivity index (χ0n) is 20.4. The van der Waals surface area contributed by atoms with Crippen LogP contribution in [-0.2, 0) is 27.1 Å². The van der Waals surface area contributed by atoms with E-state index < -0.39 is 8.07 Å². The predicted octanol–water partition coefficient (Wildman–Crippen LogP) is 7.03. The van der Waals surface area contributed by atoms with Crippen LogP contribution in [0.4, 0.5) is 0 Å². The van der Waals surface area contributed by atoms with E-state index in [1.54, 1.807) is 0 Å². The first kappa shape index (κ1) is 30.6. The molecule has 0 amide bonds. The molecule has 2 aliphatic carbocycles. The smallest absolute Gasteiger partial charge is 0.508 e. The molecule has 4 atom stereocenters. The molecule has 3 rings (SSSR count). The van der Waals surface area contributed by atoms with E-state index in [1.165, 1.54) is 17.2 Å². The van der Waals surface area contributed by atoms with Crippen molar-refractivity contribution < 1.29 is 26.8 Å². The number of phenols is 1. The third-order valence-electron chi connectivity index (χ3n) is 6.56. The van der Waals surface area contributed by atoms with Crippen LogP contribution in [0.2, 0.25) is 18.6 Å².